The third kappa shape index (κ3) is 6.12. The summed E-state index contributed by atoms with van der Waals surface area (Å²) in [4.78, 5) is 37.8. The van der Waals surface area contributed by atoms with E-state index in [1.807, 2.05) is 48.5 Å². The van der Waals surface area contributed by atoms with E-state index in [1.165, 1.54) is 11.8 Å². The first kappa shape index (κ1) is 25.2. The summed E-state index contributed by atoms with van der Waals surface area (Å²) >= 11 is 0. The number of nitrogens with one attached hydrogen (secondary N) is 1. The van der Waals surface area contributed by atoms with Gasteiger partial charge in [-0.2, -0.15) is 0 Å². The van der Waals surface area contributed by atoms with Gasteiger partial charge in [0, 0.05) is 25.4 Å². The Morgan fingerprint density at radius 2 is 1.65 bits per heavy atom. The highest BCUT2D eigenvalue weighted by Crippen LogP contribution is 2.44. The van der Waals surface area contributed by atoms with E-state index < -0.39 is 30.1 Å². The van der Waals surface area contributed by atoms with Crippen molar-refractivity contribution in [2.45, 2.75) is 37.8 Å². The fourth-order valence-corrected chi connectivity index (χ4v) is 4.26. The smallest absolute Gasteiger partial charge is 0.407 e. The summed E-state index contributed by atoms with van der Waals surface area (Å²) in [5.41, 5.74) is 4.25. The lowest BCUT2D eigenvalue weighted by molar-refractivity contribution is -0.138. The van der Waals surface area contributed by atoms with E-state index in [0.717, 1.165) is 22.3 Å². The standard InChI is InChI=1S/C25H30N2O7/c1-16(29)14-27(12-13-28)24(32)22(10-11-23(30)31)26-25(33)34-15-21-19-8-4-2-6-17(19)18-7-3-5-9-20(18)21/h2-9,16,21-22,28-29H,10-15H2,1H3,(H,26,33)(H,30,31). The van der Waals surface area contributed by atoms with Crippen molar-refractivity contribution >= 4 is 18.0 Å². The molecule has 182 valence electrons. The van der Waals surface area contributed by atoms with Crippen LogP contribution >= 0.6 is 0 Å². The van der Waals surface area contributed by atoms with Crippen molar-refractivity contribution in [3.63, 3.8) is 0 Å². The molecule has 0 fully saturated rings. The maximum absolute atomic E-state index is 12.9. The minimum absolute atomic E-state index is 0.0493. The molecule has 4 N–H and O–H groups in total. The Morgan fingerprint density at radius 1 is 1.06 bits per heavy atom. The van der Waals surface area contributed by atoms with Crippen LogP contribution in [0.4, 0.5) is 4.79 Å². The molecule has 1 aliphatic rings. The number of hydrogen-bond acceptors (Lipinski definition) is 6. The fourth-order valence-electron chi connectivity index (χ4n) is 4.26. The number of hydrogen-bond donors (Lipinski definition) is 4. The van der Waals surface area contributed by atoms with Crippen molar-refractivity contribution in [2.24, 2.45) is 0 Å². The average molecular weight is 471 g/mol. The molecule has 0 bridgehead atoms. The minimum atomic E-state index is -1.17. The number of amides is 2. The molecule has 3 rings (SSSR count). The van der Waals surface area contributed by atoms with Crippen LogP contribution in [0.15, 0.2) is 48.5 Å². The summed E-state index contributed by atoms with van der Waals surface area (Å²) < 4.78 is 5.48. The zero-order chi connectivity index (χ0) is 24.7. The molecule has 2 unspecified atom stereocenters. The molecule has 34 heavy (non-hydrogen) atoms. The van der Waals surface area contributed by atoms with Crippen LogP contribution in [0.25, 0.3) is 11.1 Å². The van der Waals surface area contributed by atoms with E-state index in [4.69, 9.17) is 9.84 Å². The topological polar surface area (TPSA) is 136 Å². The van der Waals surface area contributed by atoms with Crippen LogP contribution in [0.1, 0.15) is 36.8 Å². The van der Waals surface area contributed by atoms with E-state index in [0.29, 0.717) is 0 Å². The molecule has 0 radical (unpaired) electrons. The Balaban J connectivity index is 1.70. The first-order chi connectivity index (χ1) is 16.3. The summed E-state index contributed by atoms with van der Waals surface area (Å²) in [6.45, 7) is 1.08. The van der Waals surface area contributed by atoms with Gasteiger partial charge < -0.3 is 30.3 Å². The van der Waals surface area contributed by atoms with Crippen LogP contribution in [0, 0.1) is 0 Å². The normalized spacial score (nSPS) is 14.0. The second-order valence-electron chi connectivity index (χ2n) is 8.31. The van der Waals surface area contributed by atoms with Gasteiger partial charge in [0.15, 0.2) is 0 Å². The number of aliphatic carboxylic acids is 1. The summed E-state index contributed by atoms with van der Waals surface area (Å²) in [6.07, 6.45) is -2.20. The van der Waals surface area contributed by atoms with Crippen LogP contribution in [0.5, 0.6) is 0 Å². The molecule has 1 aliphatic carbocycles. The molecule has 2 aromatic rings. The van der Waals surface area contributed by atoms with Gasteiger partial charge in [0.1, 0.15) is 12.6 Å². The Morgan fingerprint density at radius 3 is 2.18 bits per heavy atom. The van der Waals surface area contributed by atoms with Crippen molar-refractivity contribution in [1.29, 1.82) is 0 Å². The van der Waals surface area contributed by atoms with E-state index in [-0.39, 0.29) is 45.1 Å². The van der Waals surface area contributed by atoms with Crippen LogP contribution < -0.4 is 5.32 Å². The predicted molar refractivity (Wildman–Crippen MR) is 124 cm³/mol. The first-order valence-electron chi connectivity index (χ1n) is 11.2. The number of aliphatic hydroxyl groups excluding tert-OH is 2. The zero-order valence-electron chi connectivity index (χ0n) is 19.0. The molecule has 9 nitrogen and oxygen atoms in total. The molecule has 2 aromatic carbocycles. The summed E-state index contributed by atoms with van der Waals surface area (Å²) in [7, 11) is 0. The molecular weight excluding hydrogens is 440 g/mol. The Labute approximate surface area is 198 Å². The van der Waals surface area contributed by atoms with Crippen molar-refractivity contribution in [3.05, 3.63) is 59.7 Å². The maximum Gasteiger partial charge on any atom is 0.407 e. The third-order valence-corrected chi connectivity index (χ3v) is 5.75. The van der Waals surface area contributed by atoms with Crippen molar-refractivity contribution in [3.8, 4) is 11.1 Å². The Hall–Kier alpha value is -3.43. The van der Waals surface area contributed by atoms with Gasteiger partial charge in [-0.05, 0) is 35.6 Å². The van der Waals surface area contributed by atoms with Gasteiger partial charge in [-0.1, -0.05) is 48.5 Å². The quantitative estimate of drug-likeness (QED) is 0.394. The lowest BCUT2D eigenvalue weighted by Gasteiger charge is -2.28. The van der Waals surface area contributed by atoms with E-state index >= 15 is 0 Å². The molecule has 0 spiro atoms. The number of carboxylic acid groups (broad SMARTS) is 1. The van der Waals surface area contributed by atoms with Gasteiger partial charge in [-0.25, -0.2) is 4.79 Å². The number of nitrogens with zero attached hydrogens (tertiary/aromatic N) is 1. The third-order valence-electron chi connectivity index (χ3n) is 5.75. The Bertz CT molecular complexity index is 978. The molecule has 0 aliphatic heterocycles. The predicted octanol–water partition coefficient (Wildman–Crippen LogP) is 1.96. The molecule has 0 aromatic heterocycles. The second kappa shape index (κ2) is 11.6. The number of fused-ring (bicyclic) bond motifs is 3. The first-order valence-corrected chi connectivity index (χ1v) is 11.2. The summed E-state index contributed by atoms with van der Waals surface area (Å²) in [6, 6.07) is 14.6. The highest BCUT2D eigenvalue weighted by Gasteiger charge is 2.31. The van der Waals surface area contributed by atoms with Crippen molar-refractivity contribution in [1.82, 2.24) is 10.2 Å². The molecule has 2 amide bonds. The molecule has 0 saturated carbocycles. The highest BCUT2D eigenvalue weighted by molar-refractivity contribution is 5.86. The van der Waals surface area contributed by atoms with E-state index in [9.17, 15) is 24.6 Å². The van der Waals surface area contributed by atoms with Gasteiger partial charge >= 0.3 is 12.1 Å². The van der Waals surface area contributed by atoms with Gasteiger partial charge in [0.05, 0.1) is 12.7 Å². The lowest BCUT2D eigenvalue weighted by atomic mass is 9.98. The average Bonchev–Trinajstić information content (AvgIpc) is 3.13. The number of ether oxygens (including phenoxy) is 1. The SMILES string of the molecule is CC(O)CN(CCO)C(=O)C(CCC(=O)O)NC(=O)OCC1c2ccccc2-c2ccccc21. The van der Waals surface area contributed by atoms with Gasteiger partial charge in [0.2, 0.25) is 5.91 Å². The van der Waals surface area contributed by atoms with Crippen molar-refractivity contribution < 1.29 is 34.4 Å². The van der Waals surface area contributed by atoms with Gasteiger partial charge in [0.25, 0.3) is 0 Å². The zero-order valence-corrected chi connectivity index (χ0v) is 19.0. The summed E-state index contributed by atoms with van der Waals surface area (Å²) in [5, 5.41) is 30.5. The van der Waals surface area contributed by atoms with E-state index in [2.05, 4.69) is 5.32 Å². The molecule has 0 saturated heterocycles. The van der Waals surface area contributed by atoms with Crippen molar-refractivity contribution in [2.75, 3.05) is 26.3 Å². The second-order valence-corrected chi connectivity index (χ2v) is 8.31. The lowest BCUT2D eigenvalue weighted by Crippen LogP contribution is -2.51. The highest BCUT2D eigenvalue weighted by atomic mass is 16.5. The van der Waals surface area contributed by atoms with Gasteiger partial charge in [-0.15, -0.1) is 0 Å². The van der Waals surface area contributed by atoms with E-state index in [1.54, 1.807) is 0 Å². The number of alkyl carbamates (subject to hydrolysis) is 1. The Kier molecular flexibility index (Phi) is 8.61. The number of rotatable bonds is 11. The number of aliphatic hydroxyl groups is 2. The van der Waals surface area contributed by atoms with Crippen LogP contribution in [0.2, 0.25) is 0 Å². The molecular formula is C25H30N2O7. The number of benzene rings is 2. The van der Waals surface area contributed by atoms with Crippen LogP contribution in [-0.4, -0.2) is 76.6 Å². The molecule has 2 atom stereocenters. The minimum Gasteiger partial charge on any atom is -0.481 e. The summed E-state index contributed by atoms with van der Waals surface area (Å²) in [5.74, 6) is -1.87. The fraction of sp³-hybridized carbons (Fsp3) is 0.400. The largest absolute Gasteiger partial charge is 0.481 e. The van der Waals surface area contributed by atoms with Crippen LogP contribution in [-0.2, 0) is 14.3 Å². The number of carbonyl (C=O) groups excluding carboxylic acids is 2. The molecule has 9 heteroatoms. The monoisotopic (exact) mass is 470 g/mol. The number of carbonyl (C=O) groups is 3. The maximum atomic E-state index is 12.9. The molecule has 0 heterocycles. The number of carboxylic acids is 1. The van der Waals surface area contributed by atoms with Crippen LogP contribution in [0.3, 0.4) is 0 Å². The van der Waals surface area contributed by atoms with Gasteiger partial charge in [-0.3, -0.25) is 9.59 Å².